The molecule has 3 heterocycles. The van der Waals surface area contributed by atoms with Gasteiger partial charge in [-0.2, -0.15) is 0 Å². The quantitative estimate of drug-likeness (QED) is 0.774. The second-order valence-corrected chi connectivity index (χ2v) is 6.90. The number of nitrogens with zero attached hydrogens (tertiary/aromatic N) is 2. The van der Waals surface area contributed by atoms with Crippen LogP contribution in [0.15, 0.2) is 10.9 Å². The molecule has 0 aliphatic carbocycles. The maximum atomic E-state index is 11.9. The van der Waals surface area contributed by atoms with Crippen LogP contribution in [0.1, 0.15) is 31.9 Å². The fourth-order valence-electron chi connectivity index (χ4n) is 3.28. The van der Waals surface area contributed by atoms with E-state index in [-0.39, 0.29) is 11.2 Å². The molecule has 0 bridgehead atoms. The molecule has 2 aliphatic rings. The van der Waals surface area contributed by atoms with Crippen molar-refractivity contribution in [2.45, 2.75) is 38.2 Å². The summed E-state index contributed by atoms with van der Waals surface area (Å²) in [4.78, 5) is 21.6. The van der Waals surface area contributed by atoms with Crippen molar-refractivity contribution in [2.24, 2.45) is 0 Å². The van der Waals surface area contributed by atoms with Gasteiger partial charge in [-0.3, -0.25) is 14.7 Å². The molecular formula is C17H28N4O3. The Bertz CT molecular complexity index is 577. The van der Waals surface area contributed by atoms with E-state index in [9.17, 15) is 4.79 Å². The second kappa shape index (κ2) is 8.09. The molecule has 0 radical (unpaired) electrons. The van der Waals surface area contributed by atoms with Gasteiger partial charge in [-0.25, -0.2) is 4.98 Å². The number of ether oxygens (including phenoxy) is 2. The summed E-state index contributed by atoms with van der Waals surface area (Å²) in [6, 6.07) is 1.60. The van der Waals surface area contributed by atoms with Gasteiger partial charge in [-0.15, -0.1) is 0 Å². The Morgan fingerprint density at radius 1 is 1.38 bits per heavy atom. The zero-order valence-corrected chi connectivity index (χ0v) is 14.5. The molecule has 2 saturated heterocycles. The van der Waals surface area contributed by atoms with Crippen molar-refractivity contribution in [3.63, 3.8) is 0 Å². The summed E-state index contributed by atoms with van der Waals surface area (Å²) >= 11 is 0. The van der Waals surface area contributed by atoms with Gasteiger partial charge in [-0.1, -0.05) is 0 Å². The Labute approximate surface area is 142 Å². The standard InChI is InChI=1S/C17H28N4O3/c1-17(5-3-9-24-17)13-18-16-19-14(12-15(22)20-16)4-2-6-21-7-10-23-11-8-21/h12H,2-11,13H2,1H3,(H2,18,19,20,22)/t17-/m1/s1. The molecule has 0 saturated carbocycles. The van der Waals surface area contributed by atoms with Crippen molar-refractivity contribution in [2.75, 3.05) is 51.3 Å². The van der Waals surface area contributed by atoms with Gasteiger partial charge in [0.2, 0.25) is 5.95 Å². The Kier molecular flexibility index (Phi) is 5.86. The summed E-state index contributed by atoms with van der Waals surface area (Å²) in [6.45, 7) is 8.21. The first-order chi connectivity index (χ1) is 11.6. The van der Waals surface area contributed by atoms with E-state index in [1.165, 1.54) is 0 Å². The number of hydrogen-bond acceptors (Lipinski definition) is 6. The van der Waals surface area contributed by atoms with Crippen molar-refractivity contribution in [3.8, 4) is 0 Å². The predicted molar refractivity (Wildman–Crippen MR) is 92.5 cm³/mol. The molecule has 2 fully saturated rings. The van der Waals surface area contributed by atoms with Crippen LogP contribution in [-0.4, -0.2) is 66.5 Å². The van der Waals surface area contributed by atoms with Crippen LogP contribution in [0.4, 0.5) is 5.95 Å². The summed E-state index contributed by atoms with van der Waals surface area (Å²) in [6.07, 6.45) is 3.92. The lowest BCUT2D eigenvalue weighted by molar-refractivity contribution is 0.0314. The summed E-state index contributed by atoms with van der Waals surface area (Å²) in [5.41, 5.74) is 0.573. The van der Waals surface area contributed by atoms with Crippen molar-refractivity contribution in [1.29, 1.82) is 0 Å². The van der Waals surface area contributed by atoms with Gasteiger partial charge < -0.3 is 14.8 Å². The highest BCUT2D eigenvalue weighted by Gasteiger charge is 2.29. The van der Waals surface area contributed by atoms with E-state index in [0.717, 1.165) is 70.8 Å². The third-order valence-corrected chi connectivity index (χ3v) is 4.74. The average Bonchev–Trinajstić information content (AvgIpc) is 3.01. The number of aromatic amines is 1. The highest BCUT2D eigenvalue weighted by atomic mass is 16.5. The lowest BCUT2D eigenvalue weighted by atomic mass is 10.0. The molecule has 0 spiro atoms. The normalized spacial score (nSPS) is 25.0. The van der Waals surface area contributed by atoms with E-state index in [4.69, 9.17) is 9.47 Å². The summed E-state index contributed by atoms with van der Waals surface area (Å²) in [7, 11) is 0. The molecule has 2 aliphatic heterocycles. The molecule has 0 unspecified atom stereocenters. The zero-order chi connectivity index (χ0) is 16.8. The number of anilines is 1. The van der Waals surface area contributed by atoms with Crippen LogP contribution in [0.3, 0.4) is 0 Å². The van der Waals surface area contributed by atoms with Crippen molar-refractivity contribution >= 4 is 5.95 Å². The molecule has 2 N–H and O–H groups in total. The second-order valence-electron chi connectivity index (χ2n) is 6.90. The molecule has 7 heteroatoms. The van der Waals surface area contributed by atoms with Crippen LogP contribution in [0.2, 0.25) is 0 Å². The number of H-pyrrole nitrogens is 1. The average molecular weight is 336 g/mol. The minimum atomic E-state index is -0.162. The molecule has 1 aromatic heterocycles. The van der Waals surface area contributed by atoms with Gasteiger partial charge in [-0.05, 0) is 39.2 Å². The number of rotatable bonds is 7. The lowest BCUT2D eigenvalue weighted by Gasteiger charge is -2.26. The Morgan fingerprint density at radius 2 is 2.21 bits per heavy atom. The van der Waals surface area contributed by atoms with Crippen LogP contribution in [0.25, 0.3) is 0 Å². The van der Waals surface area contributed by atoms with Crippen LogP contribution in [0, 0.1) is 0 Å². The molecule has 0 aromatic carbocycles. The van der Waals surface area contributed by atoms with Gasteiger partial charge >= 0.3 is 0 Å². The third kappa shape index (κ3) is 5.03. The summed E-state index contributed by atoms with van der Waals surface area (Å²) in [5.74, 6) is 0.542. The van der Waals surface area contributed by atoms with E-state index < -0.39 is 0 Å². The molecule has 7 nitrogen and oxygen atoms in total. The SMILES string of the molecule is C[C@]1(CNc2nc(CCCN3CCOCC3)cc(=O)[nH]2)CCCO1. The Balaban J connectivity index is 1.50. The topological polar surface area (TPSA) is 79.5 Å². The van der Waals surface area contributed by atoms with Crippen molar-refractivity contribution in [3.05, 3.63) is 22.1 Å². The number of aromatic nitrogens is 2. The first kappa shape index (κ1) is 17.4. The van der Waals surface area contributed by atoms with Gasteiger partial charge in [0.1, 0.15) is 0 Å². The van der Waals surface area contributed by atoms with E-state index in [1.54, 1.807) is 6.07 Å². The minimum absolute atomic E-state index is 0.105. The molecule has 1 atom stereocenters. The lowest BCUT2D eigenvalue weighted by Crippen LogP contribution is -2.37. The molecule has 24 heavy (non-hydrogen) atoms. The van der Waals surface area contributed by atoms with E-state index >= 15 is 0 Å². The predicted octanol–water partition coefficient (Wildman–Crippen LogP) is 1.02. The van der Waals surface area contributed by atoms with Gasteiger partial charge in [0.25, 0.3) is 5.56 Å². The third-order valence-electron chi connectivity index (χ3n) is 4.74. The smallest absolute Gasteiger partial charge is 0.252 e. The Hall–Kier alpha value is -1.44. The molecule has 3 rings (SSSR count). The fraction of sp³-hybridized carbons (Fsp3) is 0.765. The highest BCUT2D eigenvalue weighted by Crippen LogP contribution is 2.24. The van der Waals surface area contributed by atoms with Gasteiger partial charge in [0, 0.05) is 38.0 Å². The van der Waals surface area contributed by atoms with Crippen molar-refractivity contribution < 1.29 is 9.47 Å². The fourth-order valence-corrected chi connectivity index (χ4v) is 3.28. The maximum absolute atomic E-state index is 11.9. The van der Waals surface area contributed by atoms with E-state index in [1.807, 2.05) is 0 Å². The van der Waals surface area contributed by atoms with Crippen LogP contribution in [0.5, 0.6) is 0 Å². The first-order valence-corrected chi connectivity index (χ1v) is 8.91. The van der Waals surface area contributed by atoms with Crippen LogP contribution >= 0.6 is 0 Å². The Morgan fingerprint density at radius 3 is 2.96 bits per heavy atom. The largest absolute Gasteiger partial charge is 0.379 e. The number of hydrogen-bond donors (Lipinski definition) is 2. The first-order valence-electron chi connectivity index (χ1n) is 8.91. The number of nitrogens with one attached hydrogen (secondary N) is 2. The van der Waals surface area contributed by atoms with E-state index in [2.05, 4.69) is 27.1 Å². The maximum Gasteiger partial charge on any atom is 0.252 e. The molecule has 134 valence electrons. The summed E-state index contributed by atoms with van der Waals surface area (Å²) in [5, 5.41) is 3.23. The van der Waals surface area contributed by atoms with Crippen LogP contribution < -0.4 is 10.9 Å². The zero-order valence-electron chi connectivity index (χ0n) is 14.5. The highest BCUT2D eigenvalue weighted by molar-refractivity contribution is 5.26. The monoisotopic (exact) mass is 336 g/mol. The van der Waals surface area contributed by atoms with Crippen molar-refractivity contribution in [1.82, 2.24) is 14.9 Å². The number of morpholine rings is 1. The van der Waals surface area contributed by atoms with E-state index in [0.29, 0.717) is 12.5 Å². The van der Waals surface area contributed by atoms with Crippen LogP contribution in [-0.2, 0) is 15.9 Å². The number of aryl methyl sites for hydroxylation is 1. The van der Waals surface area contributed by atoms with Gasteiger partial charge in [0.15, 0.2) is 0 Å². The minimum Gasteiger partial charge on any atom is -0.379 e. The van der Waals surface area contributed by atoms with Gasteiger partial charge in [0.05, 0.1) is 18.8 Å². The molecule has 0 amide bonds. The molecular weight excluding hydrogens is 308 g/mol. The molecule has 1 aromatic rings. The summed E-state index contributed by atoms with van der Waals surface area (Å²) < 4.78 is 11.1.